The van der Waals surface area contributed by atoms with Crippen LogP contribution in [0.25, 0.3) is 0 Å². The maximum absolute atomic E-state index is 12.9. The molecule has 0 aliphatic heterocycles. The van der Waals surface area contributed by atoms with Crippen LogP contribution in [0.15, 0.2) is 42.7 Å². The lowest BCUT2D eigenvalue weighted by Gasteiger charge is -2.25. The minimum absolute atomic E-state index is 0.118. The topological polar surface area (TPSA) is 77.6 Å². The molecule has 1 aromatic carbocycles. The third-order valence-electron chi connectivity index (χ3n) is 4.27. The van der Waals surface area contributed by atoms with Crippen LogP contribution in [-0.4, -0.2) is 60.5 Å². The van der Waals surface area contributed by atoms with Crippen molar-refractivity contribution in [3.8, 4) is 0 Å². The first-order valence-corrected chi connectivity index (χ1v) is 9.39. The quantitative estimate of drug-likeness (QED) is 0.735. The van der Waals surface area contributed by atoms with Crippen LogP contribution in [0.4, 0.5) is 10.5 Å². The van der Waals surface area contributed by atoms with E-state index in [1.807, 2.05) is 45.0 Å². The van der Waals surface area contributed by atoms with Gasteiger partial charge in [0.25, 0.3) is 5.91 Å². The molecular formula is C21H29N5O2. The van der Waals surface area contributed by atoms with Crippen LogP contribution < -0.4 is 10.6 Å². The van der Waals surface area contributed by atoms with Crippen molar-refractivity contribution < 1.29 is 9.59 Å². The van der Waals surface area contributed by atoms with E-state index in [4.69, 9.17) is 0 Å². The smallest absolute Gasteiger partial charge is 0.322 e. The van der Waals surface area contributed by atoms with Gasteiger partial charge in [-0.3, -0.25) is 9.78 Å². The molecule has 150 valence electrons. The van der Waals surface area contributed by atoms with Crippen LogP contribution in [0.2, 0.25) is 0 Å². The van der Waals surface area contributed by atoms with Gasteiger partial charge in [0.1, 0.15) is 0 Å². The lowest BCUT2D eigenvalue weighted by molar-refractivity contribution is 0.0955. The summed E-state index contributed by atoms with van der Waals surface area (Å²) < 4.78 is 0. The standard InChI is InChI=1S/C21H29N5O2/c1-5-23-20(27)18-8-9-19(16(2)13-18)24-21(28)26(12-11-25(3)4)15-17-7-6-10-22-14-17/h6-10,13-14H,5,11-12,15H2,1-4H3,(H,23,27)(H,24,28). The van der Waals surface area contributed by atoms with Crippen molar-refractivity contribution in [1.82, 2.24) is 20.1 Å². The summed E-state index contributed by atoms with van der Waals surface area (Å²) in [6.07, 6.45) is 3.48. The fourth-order valence-corrected chi connectivity index (χ4v) is 2.69. The van der Waals surface area contributed by atoms with Gasteiger partial charge in [0, 0.05) is 49.8 Å². The molecule has 0 aliphatic rings. The van der Waals surface area contributed by atoms with Crippen LogP contribution in [0, 0.1) is 6.92 Å². The molecular weight excluding hydrogens is 354 g/mol. The Morgan fingerprint density at radius 3 is 2.54 bits per heavy atom. The average Bonchev–Trinajstić information content (AvgIpc) is 2.67. The van der Waals surface area contributed by atoms with Crippen LogP contribution in [0.1, 0.15) is 28.4 Å². The van der Waals surface area contributed by atoms with Gasteiger partial charge in [-0.1, -0.05) is 6.07 Å². The number of nitrogens with zero attached hydrogens (tertiary/aromatic N) is 3. The number of amides is 3. The zero-order chi connectivity index (χ0) is 20.5. The number of hydrogen-bond donors (Lipinski definition) is 2. The number of benzene rings is 1. The maximum atomic E-state index is 12.9. The number of aromatic nitrogens is 1. The molecule has 0 saturated carbocycles. The van der Waals surface area contributed by atoms with E-state index in [0.717, 1.165) is 17.7 Å². The Morgan fingerprint density at radius 2 is 1.93 bits per heavy atom. The summed E-state index contributed by atoms with van der Waals surface area (Å²) in [7, 11) is 3.95. The van der Waals surface area contributed by atoms with Crippen LogP contribution in [0.3, 0.4) is 0 Å². The summed E-state index contributed by atoms with van der Waals surface area (Å²) in [5.74, 6) is -0.118. The van der Waals surface area contributed by atoms with Crippen molar-refractivity contribution in [2.75, 3.05) is 39.0 Å². The number of carbonyl (C=O) groups is 2. The molecule has 0 saturated heterocycles. The molecule has 1 heterocycles. The molecule has 28 heavy (non-hydrogen) atoms. The predicted octanol–water partition coefficient (Wildman–Crippen LogP) is 2.74. The normalized spacial score (nSPS) is 10.6. The van der Waals surface area contributed by atoms with E-state index in [2.05, 4.69) is 15.6 Å². The second kappa shape index (κ2) is 10.4. The number of anilines is 1. The maximum Gasteiger partial charge on any atom is 0.322 e. The van der Waals surface area contributed by atoms with Gasteiger partial charge in [-0.05, 0) is 63.3 Å². The fraction of sp³-hybridized carbons (Fsp3) is 0.381. The zero-order valence-electron chi connectivity index (χ0n) is 17.0. The summed E-state index contributed by atoms with van der Waals surface area (Å²) in [4.78, 5) is 32.8. The third-order valence-corrected chi connectivity index (χ3v) is 4.27. The number of carbonyl (C=O) groups excluding carboxylic acids is 2. The Labute approximate surface area is 166 Å². The highest BCUT2D eigenvalue weighted by molar-refractivity contribution is 5.96. The number of pyridine rings is 1. The second-order valence-corrected chi connectivity index (χ2v) is 6.91. The SMILES string of the molecule is CCNC(=O)c1ccc(NC(=O)N(CCN(C)C)Cc2cccnc2)c(C)c1. The number of aryl methyl sites for hydroxylation is 1. The lowest BCUT2D eigenvalue weighted by atomic mass is 10.1. The monoisotopic (exact) mass is 383 g/mol. The molecule has 2 N–H and O–H groups in total. The van der Waals surface area contributed by atoms with Crippen molar-refractivity contribution in [3.63, 3.8) is 0 Å². The molecule has 7 nitrogen and oxygen atoms in total. The van der Waals surface area contributed by atoms with Crippen LogP contribution in [0.5, 0.6) is 0 Å². The molecule has 3 amide bonds. The molecule has 0 atom stereocenters. The third kappa shape index (κ3) is 6.35. The Kier molecular flexibility index (Phi) is 7.95. The summed E-state index contributed by atoms with van der Waals surface area (Å²) in [6.45, 7) is 6.15. The number of nitrogens with one attached hydrogen (secondary N) is 2. The molecule has 2 aromatic rings. The highest BCUT2D eigenvalue weighted by Crippen LogP contribution is 2.18. The van der Waals surface area contributed by atoms with Gasteiger partial charge in [-0.15, -0.1) is 0 Å². The van der Waals surface area contributed by atoms with Crippen molar-refractivity contribution in [3.05, 3.63) is 59.4 Å². The summed E-state index contributed by atoms with van der Waals surface area (Å²) in [5, 5.41) is 5.75. The van der Waals surface area contributed by atoms with Gasteiger partial charge in [0.15, 0.2) is 0 Å². The second-order valence-electron chi connectivity index (χ2n) is 6.91. The van der Waals surface area contributed by atoms with Crippen LogP contribution in [-0.2, 0) is 6.54 Å². The van der Waals surface area contributed by atoms with Crippen molar-refractivity contribution in [1.29, 1.82) is 0 Å². The predicted molar refractivity (Wildman–Crippen MR) is 111 cm³/mol. The molecule has 0 fully saturated rings. The summed E-state index contributed by atoms with van der Waals surface area (Å²) >= 11 is 0. The number of urea groups is 1. The molecule has 0 unspecified atom stereocenters. The first kappa shape index (κ1) is 21.4. The Morgan fingerprint density at radius 1 is 1.14 bits per heavy atom. The van der Waals surface area contributed by atoms with Crippen molar-refractivity contribution in [2.45, 2.75) is 20.4 Å². The molecule has 7 heteroatoms. The van der Waals surface area contributed by atoms with E-state index in [9.17, 15) is 9.59 Å². The van der Waals surface area contributed by atoms with Gasteiger partial charge < -0.3 is 20.4 Å². The van der Waals surface area contributed by atoms with Crippen molar-refractivity contribution in [2.24, 2.45) is 0 Å². The molecule has 0 spiro atoms. The molecule has 1 aromatic heterocycles. The van der Waals surface area contributed by atoms with Crippen LogP contribution >= 0.6 is 0 Å². The van der Waals surface area contributed by atoms with Gasteiger partial charge in [0.2, 0.25) is 0 Å². The summed E-state index contributed by atoms with van der Waals surface area (Å²) in [6, 6.07) is 8.91. The Hall–Kier alpha value is -2.93. The van der Waals surface area contributed by atoms with Gasteiger partial charge in [-0.2, -0.15) is 0 Å². The van der Waals surface area contributed by atoms with E-state index < -0.39 is 0 Å². The lowest BCUT2D eigenvalue weighted by Crippen LogP contribution is -2.39. The Bertz CT molecular complexity index is 793. The minimum Gasteiger partial charge on any atom is -0.352 e. The first-order valence-electron chi connectivity index (χ1n) is 9.39. The van der Waals surface area contributed by atoms with Gasteiger partial charge in [0.05, 0.1) is 0 Å². The number of hydrogen-bond acceptors (Lipinski definition) is 4. The fourth-order valence-electron chi connectivity index (χ4n) is 2.69. The number of rotatable bonds is 8. The molecule has 0 aliphatic carbocycles. The largest absolute Gasteiger partial charge is 0.352 e. The van der Waals surface area contributed by atoms with E-state index >= 15 is 0 Å². The van der Waals surface area contributed by atoms with E-state index in [0.29, 0.717) is 30.9 Å². The van der Waals surface area contributed by atoms with Crippen molar-refractivity contribution >= 4 is 17.6 Å². The first-order chi connectivity index (χ1) is 13.4. The molecule has 0 bridgehead atoms. The molecule has 2 rings (SSSR count). The minimum atomic E-state index is -0.181. The highest BCUT2D eigenvalue weighted by Gasteiger charge is 2.16. The number of likely N-dealkylation sites (N-methyl/N-ethyl adjacent to an activating group) is 1. The van der Waals surface area contributed by atoms with Gasteiger partial charge in [-0.25, -0.2) is 4.79 Å². The zero-order valence-corrected chi connectivity index (χ0v) is 17.0. The van der Waals surface area contributed by atoms with E-state index in [1.165, 1.54) is 0 Å². The van der Waals surface area contributed by atoms with Gasteiger partial charge >= 0.3 is 6.03 Å². The average molecular weight is 383 g/mol. The van der Waals surface area contributed by atoms with E-state index in [1.54, 1.807) is 35.5 Å². The molecule has 0 radical (unpaired) electrons. The summed E-state index contributed by atoms with van der Waals surface area (Å²) in [5.41, 5.74) is 3.09. The van der Waals surface area contributed by atoms with E-state index in [-0.39, 0.29) is 11.9 Å². The highest BCUT2D eigenvalue weighted by atomic mass is 16.2. The Balaban J connectivity index is 2.12.